The molecule has 0 spiro atoms. The Balaban J connectivity index is 1.93. The average molecular weight is 290 g/mol. The molecule has 1 unspecified atom stereocenters. The maximum absolute atomic E-state index is 12.3. The van der Waals surface area contributed by atoms with E-state index in [9.17, 15) is 14.7 Å². The minimum atomic E-state index is -1.07. The largest absolute Gasteiger partial charge is 0.372 e. The molecule has 20 heavy (non-hydrogen) atoms. The van der Waals surface area contributed by atoms with Crippen LogP contribution in [0.15, 0.2) is 24.3 Å². The topological polar surface area (TPSA) is 69.6 Å². The van der Waals surface area contributed by atoms with Gasteiger partial charge in [-0.3, -0.25) is 14.5 Å². The number of thiocarbonyl (C=S) groups is 1. The van der Waals surface area contributed by atoms with Crippen LogP contribution in [0.4, 0.5) is 0 Å². The smallest absolute Gasteiger partial charge is 0.232 e. The lowest BCUT2D eigenvalue weighted by Gasteiger charge is -2.40. The molecule has 2 N–H and O–H groups in total. The van der Waals surface area contributed by atoms with Gasteiger partial charge in [-0.05, 0) is 12.0 Å². The maximum Gasteiger partial charge on any atom is 0.232 e. The van der Waals surface area contributed by atoms with Crippen molar-refractivity contribution in [2.24, 2.45) is 0 Å². The van der Waals surface area contributed by atoms with Crippen LogP contribution in [0.1, 0.15) is 24.0 Å². The van der Waals surface area contributed by atoms with Crippen LogP contribution < -0.4 is 5.32 Å². The molecule has 2 aliphatic rings. The molecule has 1 saturated heterocycles. The van der Waals surface area contributed by atoms with Crippen molar-refractivity contribution in [3.05, 3.63) is 35.4 Å². The highest BCUT2D eigenvalue weighted by molar-refractivity contribution is 7.80. The molecule has 0 bridgehead atoms. The third-order valence-electron chi connectivity index (χ3n) is 3.75. The molecule has 5 nitrogen and oxygen atoms in total. The predicted octanol–water partition coefficient (Wildman–Crippen LogP) is 0.344. The number of aliphatic hydroxyl groups is 1. The second-order valence-corrected chi connectivity index (χ2v) is 5.41. The standard InChI is InChI=1S/C14H14N2O3S/c17-11-6-5-10(13(19)15-11)16-12(18)7-8-3-1-2-4-9(8)14(16)20/h1-4,10,13,19H,5-7H2,(H,15,17)/t10-,13?/m0/s1. The van der Waals surface area contributed by atoms with Crippen LogP contribution >= 0.6 is 12.2 Å². The molecule has 0 saturated carbocycles. The van der Waals surface area contributed by atoms with Gasteiger partial charge in [-0.15, -0.1) is 0 Å². The summed E-state index contributed by atoms with van der Waals surface area (Å²) in [5.74, 6) is -0.335. The second kappa shape index (κ2) is 4.96. The number of hydrogen-bond donors (Lipinski definition) is 2. The molecule has 2 heterocycles. The minimum absolute atomic E-state index is 0.131. The predicted molar refractivity (Wildman–Crippen MR) is 75.9 cm³/mol. The van der Waals surface area contributed by atoms with Crippen LogP contribution in [0, 0.1) is 0 Å². The normalized spacial score (nSPS) is 26.2. The van der Waals surface area contributed by atoms with Gasteiger partial charge in [0.05, 0.1) is 12.5 Å². The highest BCUT2D eigenvalue weighted by Crippen LogP contribution is 2.26. The van der Waals surface area contributed by atoms with Crippen molar-refractivity contribution in [3.63, 3.8) is 0 Å². The van der Waals surface area contributed by atoms with Gasteiger partial charge in [0.1, 0.15) is 11.2 Å². The van der Waals surface area contributed by atoms with Gasteiger partial charge in [-0.2, -0.15) is 0 Å². The number of carbonyl (C=O) groups excluding carboxylic acids is 2. The van der Waals surface area contributed by atoms with E-state index >= 15 is 0 Å². The lowest BCUT2D eigenvalue weighted by atomic mass is 9.95. The van der Waals surface area contributed by atoms with Crippen molar-refractivity contribution in [2.45, 2.75) is 31.5 Å². The fourth-order valence-electron chi connectivity index (χ4n) is 2.75. The summed E-state index contributed by atoms with van der Waals surface area (Å²) in [4.78, 5) is 25.5. The highest BCUT2D eigenvalue weighted by Gasteiger charge is 2.39. The summed E-state index contributed by atoms with van der Waals surface area (Å²) in [7, 11) is 0. The van der Waals surface area contributed by atoms with Gasteiger partial charge in [0.2, 0.25) is 11.8 Å². The number of nitrogens with zero attached hydrogens (tertiary/aromatic N) is 1. The van der Waals surface area contributed by atoms with Gasteiger partial charge >= 0.3 is 0 Å². The van der Waals surface area contributed by atoms with Crippen LogP contribution in [0.25, 0.3) is 0 Å². The summed E-state index contributed by atoms with van der Waals surface area (Å²) in [5.41, 5.74) is 1.76. The van der Waals surface area contributed by atoms with Crippen molar-refractivity contribution in [1.29, 1.82) is 0 Å². The number of hydrogen-bond acceptors (Lipinski definition) is 4. The Morgan fingerprint density at radius 3 is 2.80 bits per heavy atom. The number of carbonyl (C=O) groups is 2. The molecule has 2 amide bonds. The minimum Gasteiger partial charge on any atom is -0.372 e. The molecule has 2 aliphatic heterocycles. The zero-order chi connectivity index (χ0) is 14.3. The third-order valence-corrected chi connectivity index (χ3v) is 4.17. The first kappa shape index (κ1) is 13.2. The Hall–Kier alpha value is -1.79. The molecule has 6 heteroatoms. The molecule has 1 aromatic rings. The molecule has 0 radical (unpaired) electrons. The van der Waals surface area contributed by atoms with E-state index in [0.717, 1.165) is 11.1 Å². The number of nitrogens with one attached hydrogen (secondary N) is 1. The Kier molecular flexibility index (Phi) is 3.27. The molecule has 1 fully saturated rings. The summed E-state index contributed by atoms with van der Waals surface area (Å²) in [6, 6.07) is 7.03. The lowest BCUT2D eigenvalue weighted by molar-refractivity contribution is -0.137. The van der Waals surface area contributed by atoms with Gasteiger partial charge in [-0.25, -0.2) is 0 Å². The Bertz CT molecular complexity index is 602. The SMILES string of the molecule is O=C1CC[C@H](N2C(=O)Cc3ccccc3C2=S)C(O)N1. The Labute approximate surface area is 121 Å². The zero-order valence-corrected chi connectivity index (χ0v) is 11.5. The number of aliphatic hydroxyl groups excluding tert-OH is 1. The van der Waals surface area contributed by atoms with E-state index in [0.29, 0.717) is 11.4 Å². The third kappa shape index (κ3) is 2.10. The summed E-state index contributed by atoms with van der Waals surface area (Å²) >= 11 is 5.40. The van der Waals surface area contributed by atoms with Crippen LogP contribution in [-0.2, 0) is 16.0 Å². The van der Waals surface area contributed by atoms with Gasteiger partial charge in [-0.1, -0.05) is 36.5 Å². The first-order chi connectivity index (χ1) is 9.58. The quantitative estimate of drug-likeness (QED) is 0.732. The number of benzene rings is 1. The zero-order valence-electron chi connectivity index (χ0n) is 10.7. The molecule has 104 valence electrons. The molecule has 0 aromatic heterocycles. The van der Waals surface area contributed by atoms with Gasteiger partial charge in [0.15, 0.2) is 0 Å². The van der Waals surface area contributed by atoms with E-state index in [1.54, 1.807) is 0 Å². The molecule has 3 rings (SSSR count). The summed E-state index contributed by atoms with van der Waals surface area (Å²) < 4.78 is 0. The highest BCUT2D eigenvalue weighted by atomic mass is 32.1. The number of amides is 2. The monoisotopic (exact) mass is 290 g/mol. The molecule has 1 aromatic carbocycles. The lowest BCUT2D eigenvalue weighted by Crippen LogP contribution is -2.59. The molecule has 0 aliphatic carbocycles. The maximum atomic E-state index is 12.3. The first-order valence-electron chi connectivity index (χ1n) is 6.49. The van der Waals surface area contributed by atoms with Gasteiger partial charge in [0.25, 0.3) is 0 Å². The van der Waals surface area contributed by atoms with E-state index in [1.807, 2.05) is 24.3 Å². The van der Waals surface area contributed by atoms with E-state index < -0.39 is 12.3 Å². The number of piperidine rings is 1. The van der Waals surface area contributed by atoms with Gasteiger partial charge in [0, 0.05) is 12.0 Å². The van der Waals surface area contributed by atoms with E-state index in [2.05, 4.69) is 5.32 Å². The number of rotatable bonds is 1. The molecular formula is C14H14N2O3S. The van der Waals surface area contributed by atoms with Crippen molar-refractivity contribution < 1.29 is 14.7 Å². The fourth-order valence-corrected chi connectivity index (χ4v) is 3.19. The Morgan fingerprint density at radius 2 is 2.05 bits per heavy atom. The summed E-state index contributed by atoms with van der Waals surface area (Å²) in [6.07, 6.45) is -0.0898. The van der Waals surface area contributed by atoms with E-state index in [4.69, 9.17) is 12.2 Å². The van der Waals surface area contributed by atoms with Crippen LogP contribution in [0.3, 0.4) is 0 Å². The molecule has 2 atom stereocenters. The first-order valence-corrected chi connectivity index (χ1v) is 6.90. The summed E-state index contributed by atoms with van der Waals surface area (Å²) in [5, 5.41) is 12.4. The fraction of sp³-hybridized carbons (Fsp3) is 0.357. The Morgan fingerprint density at radius 1 is 1.30 bits per heavy atom. The number of fused-ring (bicyclic) bond motifs is 1. The average Bonchev–Trinajstić information content (AvgIpc) is 2.41. The van der Waals surface area contributed by atoms with Crippen LogP contribution in [0.2, 0.25) is 0 Å². The summed E-state index contributed by atoms with van der Waals surface area (Å²) in [6.45, 7) is 0. The van der Waals surface area contributed by atoms with Crippen LogP contribution in [-0.4, -0.2) is 39.1 Å². The van der Waals surface area contributed by atoms with Crippen LogP contribution in [0.5, 0.6) is 0 Å². The van der Waals surface area contributed by atoms with Crippen molar-refractivity contribution >= 4 is 29.0 Å². The van der Waals surface area contributed by atoms with E-state index in [-0.39, 0.29) is 24.7 Å². The van der Waals surface area contributed by atoms with Crippen molar-refractivity contribution in [1.82, 2.24) is 10.2 Å². The molecular weight excluding hydrogens is 276 g/mol. The van der Waals surface area contributed by atoms with Crippen molar-refractivity contribution in [2.75, 3.05) is 0 Å². The second-order valence-electron chi connectivity index (χ2n) is 5.02. The van der Waals surface area contributed by atoms with Gasteiger partial charge < -0.3 is 10.4 Å². The van der Waals surface area contributed by atoms with E-state index in [1.165, 1.54) is 4.90 Å². The van der Waals surface area contributed by atoms with Crippen molar-refractivity contribution in [3.8, 4) is 0 Å².